The van der Waals surface area contributed by atoms with Gasteiger partial charge in [-0.25, -0.2) is 0 Å². The molecule has 0 radical (unpaired) electrons. The van der Waals surface area contributed by atoms with E-state index in [1.807, 2.05) is 0 Å². The third kappa shape index (κ3) is 4.96. The number of likely N-dealkylation sites (tertiary alicyclic amines) is 1. The Hall–Kier alpha value is -0.610. The smallest absolute Gasteiger partial charge is 0.222 e. The molecule has 0 spiro atoms. The summed E-state index contributed by atoms with van der Waals surface area (Å²) in [6, 6.07) is 0.601. The predicted molar refractivity (Wildman–Crippen MR) is 87.4 cm³/mol. The molecule has 0 aromatic rings. The van der Waals surface area contributed by atoms with Crippen LogP contribution in [-0.2, 0) is 4.79 Å². The normalized spacial score (nSPS) is 25.0. The van der Waals surface area contributed by atoms with Gasteiger partial charge in [-0.05, 0) is 45.7 Å². The van der Waals surface area contributed by atoms with E-state index in [-0.39, 0.29) is 0 Å². The van der Waals surface area contributed by atoms with E-state index in [2.05, 4.69) is 35.5 Å². The first-order valence-corrected chi connectivity index (χ1v) is 8.84. The molecule has 0 aromatic carbocycles. The first kappa shape index (κ1) is 16.8. The second-order valence-corrected chi connectivity index (χ2v) is 6.98. The summed E-state index contributed by atoms with van der Waals surface area (Å²) in [7, 11) is 0. The number of carbonyl (C=O) groups excluding carboxylic acids is 1. The van der Waals surface area contributed by atoms with E-state index in [0.29, 0.717) is 11.9 Å². The standard InChI is InChI=1S/C17H33N3O/c1-4-16-7-9-18(14-16)8-5-6-17(21)20-12-10-19(11-13-20)15(2)3/h15-16H,4-14H2,1-3H3/t16-/m1/s1. The van der Waals surface area contributed by atoms with Gasteiger partial charge in [0.1, 0.15) is 0 Å². The molecule has 0 saturated carbocycles. The largest absolute Gasteiger partial charge is 0.340 e. The number of hydrogen-bond donors (Lipinski definition) is 0. The monoisotopic (exact) mass is 295 g/mol. The third-order valence-electron chi connectivity index (χ3n) is 5.21. The summed E-state index contributed by atoms with van der Waals surface area (Å²) in [4.78, 5) is 19.3. The van der Waals surface area contributed by atoms with Crippen molar-refractivity contribution in [2.75, 3.05) is 45.8 Å². The molecular formula is C17H33N3O. The van der Waals surface area contributed by atoms with E-state index in [0.717, 1.165) is 51.5 Å². The Morgan fingerprint density at radius 1 is 1.14 bits per heavy atom. The van der Waals surface area contributed by atoms with Gasteiger partial charge in [0.15, 0.2) is 0 Å². The van der Waals surface area contributed by atoms with Crippen LogP contribution in [0.25, 0.3) is 0 Å². The Balaban J connectivity index is 1.60. The molecule has 0 unspecified atom stereocenters. The third-order valence-corrected chi connectivity index (χ3v) is 5.21. The van der Waals surface area contributed by atoms with E-state index in [1.165, 1.54) is 25.9 Å². The highest BCUT2D eigenvalue weighted by atomic mass is 16.2. The van der Waals surface area contributed by atoms with Crippen LogP contribution in [0, 0.1) is 5.92 Å². The summed E-state index contributed by atoms with van der Waals surface area (Å²) in [6.45, 7) is 14.2. The summed E-state index contributed by atoms with van der Waals surface area (Å²) in [6.07, 6.45) is 4.41. The number of carbonyl (C=O) groups is 1. The van der Waals surface area contributed by atoms with Crippen molar-refractivity contribution >= 4 is 5.91 Å². The summed E-state index contributed by atoms with van der Waals surface area (Å²) < 4.78 is 0. The van der Waals surface area contributed by atoms with Crippen molar-refractivity contribution in [3.05, 3.63) is 0 Å². The molecule has 21 heavy (non-hydrogen) atoms. The second kappa shape index (κ2) is 8.14. The Labute approximate surface area is 130 Å². The molecule has 4 heteroatoms. The van der Waals surface area contributed by atoms with Crippen molar-refractivity contribution in [1.29, 1.82) is 0 Å². The number of amides is 1. The molecule has 2 heterocycles. The van der Waals surface area contributed by atoms with E-state index in [4.69, 9.17) is 0 Å². The maximum absolute atomic E-state index is 12.3. The van der Waals surface area contributed by atoms with Gasteiger partial charge in [-0.1, -0.05) is 13.3 Å². The average molecular weight is 295 g/mol. The van der Waals surface area contributed by atoms with Crippen molar-refractivity contribution in [2.45, 2.75) is 52.5 Å². The lowest BCUT2D eigenvalue weighted by atomic mass is 10.1. The van der Waals surface area contributed by atoms with Gasteiger partial charge in [0.2, 0.25) is 5.91 Å². The lowest BCUT2D eigenvalue weighted by Crippen LogP contribution is -2.50. The first-order valence-electron chi connectivity index (χ1n) is 8.84. The van der Waals surface area contributed by atoms with Crippen LogP contribution in [0.2, 0.25) is 0 Å². The molecule has 2 aliphatic heterocycles. The minimum absolute atomic E-state index is 0.365. The van der Waals surface area contributed by atoms with Gasteiger partial charge in [-0.3, -0.25) is 9.69 Å². The van der Waals surface area contributed by atoms with E-state index in [1.54, 1.807) is 0 Å². The first-order chi connectivity index (χ1) is 10.1. The molecule has 2 rings (SSSR count). The molecule has 0 aliphatic carbocycles. The molecule has 4 nitrogen and oxygen atoms in total. The molecule has 122 valence electrons. The van der Waals surface area contributed by atoms with Crippen LogP contribution >= 0.6 is 0 Å². The topological polar surface area (TPSA) is 26.8 Å². The van der Waals surface area contributed by atoms with Crippen molar-refractivity contribution in [2.24, 2.45) is 5.92 Å². The molecule has 0 aromatic heterocycles. The number of hydrogen-bond acceptors (Lipinski definition) is 3. The van der Waals surface area contributed by atoms with Gasteiger partial charge in [-0.15, -0.1) is 0 Å². The molecule has 2 fully saturated rings. The Kier molecular flexibility index (Phi) is 6.49. The van der Waals surface area contributed by atoms with Gasteiger partial charge in [-0.2, -0.15) is 0 Å². The lowest BCUT2D eigenvalue weighted by molar-refractivity contribution is -0.133. The van der Waals surface area contributed by atoms with Crippen LogP contribution in [0.5, 0.6) is 0 Å². The fourth-order valence-electron chi connectivity index (χ4n) is 3.55. The molecular weight excluding hydrogens is 262 g/mol. The number of rotatable bonds is 6. The van der Waals surface area contributed by atoms with Crippen LogP contribution in [0.1, 0.15) is 46.5 Å². The summed E-state index contributed by atoms with van der Waals surface area (Å²) >= 11 is 0. The summed E-state index contributed by atoms with van der Waals surface area (Å²) in [5.41, 5.74) is 0. The van der Waals surface area contributed by atoms with Crippen molar-refractivity contribution in [3.8, 4) is 0 Å². The van der Waals surface area contributed by atoms with Gasteiger partial charge in [0.05, 0.1) is 0 Å². The van der Waals surface area contributed by atoms with E-state index in [9.17, 15) is 4.79 Å². The van der Waals surface area contributed by atoms with Gasteiger partial charge >= 0.3 is 0 Å². The molecule has 1 amide bonds. The maximum atomic E-state index is 12.3. The highest BCUT2D eigenvalue weighted by Gasteiger charge is 2.23. The number of nitrogens with zero attached hydrogens (tertiary/aromatic N) is 3. The molecule has 0 bridgehead atoms. The zero-order valence-corrected chi connectivity index (χ0v) is 14.2. The second-order valence-electron chi connectivity index (χ2n) is 6.98. The molecule has 2 aliphatic rings. The fourth-order valence-corrected chi connectivity index (χ4v) is 3.55. The van der Waals surface area contributed by atoms with Crippen LogP contribution in [0.15, 0.2) is 0 Å². The minimum Gasteiger partial charge on any atom is -0.340 e. The highest BCUT2D eigenvalue weighted by Crippen LogP contribution is 2.19. The van der Waals surface area contributed by atoms with E-state index < -0.39 is 0 Å². The van der Waals surface area contributed by atoms with Crippen LogP contribution in [0.3, 0.4) is 0 Å². The zero-order chi connectivity index (χ0) is 15.2. The number of piperazine rings is 1. The lowest BCUT2D eigenvalue weighted by Gasteiger charge is -2.37. The average Bonchev–Trinajstić information content (AvgIpc) is 2.95. The van der Waals surface area contributed by atoms with Crippen LogP contribution < -0.4 is 0 Å². The Morgan fingerprint density at radius 2 is 1.86 bits per heavy atom. The summed E-state index contributed by atoms with van der Waals surface area (Å²) in [5.74, 6) is 1.26. The minimum atomic E-state index is 0.365. The molecule has 2 saturated heterocycles. The fraction of sp³-hybridized carbons (Fsp3) is 0.941. The SMILES string of the molecule is CC[C@@H]1CCN(CCCC(=O)N2CCN(C(C)C)CC2)C1. The molecule has 0 N–H and O–H groups in total. The van der Waals surface area contributed by atoms with Crippen molar-refractivity contribution in [1.82, 2.24) is 14.7 Å². The van der Waals surface area contributed by atoms with E-state index >= 15 is 0 Å². The Bertz CT molecular complexity index is 324. The zero-order valence-electron chi connectivity index (χ0n) is 14.2. The summed E-state index contributed by atoms with van der Waals surface area (Å²) in [5, 5.41) is 0. The predicted octanol–water partition coefficient (Wildman–Crippen LogP) is 2.05. The quantitative estimate of drug-likeness (QED) is 0.750. The van der Waals surface area contributed by atoms with Crippen molar-refractivity contribution in [3.63, 3.8) is 0 Å². The molecule has 1 atom stereocenters. The Morgan fingerprint density at radius 3 is 2.43 bits per heavy atom. The maximum Gasteiger partial charge on any atom is 0.222 e. The van der Waals surface area contributed by atoms with Crippen molar-refractivity contribution < 1.29 is 4.79 Å². The van der Waals surface area contributed by atoms with Gasteiger partial charge in [0, 0.05) is 45.2 Å². The van der Waals surface area contributed by atoms with Crippen LogP contribution in [-0.4, -0.2) is 72.5 Å². The highest BCUT2D eigenvalue weighted by molar-refractivity contribution is 5.76. The van der Waals surface area contributed by atoms with Gasteiger partial charge < -0.3 is 9.80 Å². The van der Waals surface area contributed by atoms with Gasteiger partial charge in [0.25, 0.3) is 0 Å². The van der Waals surface area contributed by atoms with Crippen LogP contribution in [0.4, 0.5) is 0 Å².